The highest BCUT2D eigenvalue weighted by atomic mass is 32.2. The maximum atomic E-state index is 5.62. The van der Waals surface area contributed by atoms with Gasteiger partial charge in [-0.05, 0) is 112 Å². The summed E-state index contributed by atoms with van der Waals surface area (Å²) in [5, 5.41) is 0. The molecule has 0 heterocycles. The van der Waals surface area contributed by atoms with Gasteiger partial charge in [0.15, 0.2) is 0 Å². The first-order valence-corrected chi connectivity index (χ1v) is 17.0. The molecule has 0 aromatic rings. The van der Waals surface area contributed by atoms with Crippen LogP contribution in [0.3, 0.4) is 0 Å². The summed E-state index contributed by atoms with van der Waals surface area (Å²) < 4.78 is 6.34. The van der Waals surface area contributed by atoms with Crippen LogP contribution in [0.5, 0.6) is 0 Å². The lowest BCUT2D eigenvalue weighted by Gasteiger charge is -2.41. The molecule has 1 nitrogen and oxygen atoms in total. The van der Waals surface area contributed by atoms with E-state index in [9.17, 15) is 0 Å². The monoisotopic (exact) mass is 583 g/mol. The van der Waals surface area contributed by atoms with E-state index in [0.29, 0.717) is 25.7 Å². The Morgan fingerprint density at radius 2 is 0.700 bits per heavy atom. The third-order valence-corrected chi connectivity index (χ3v) is 9.48. The van der Waals surface area contributed by atoms with Crippen LogP contribution in [-0.4, -0.2) is 26.6 Å². The maximum absolute atomic E-state index is 5.62. The van der Waals surface area contributed by atoms with E-state index in [1.807, 2.05) is 0 Å². The van der Waals surface area contributed by atoms with Gasteiger partial charge in [-0.25, -0.2) is 0 Å². The van der Waals surface area contributed by atoms with E-state index in [0.717, 1.165) is 0 Å². The van der Waals surface area contributed by atoms with Gasteiger partial charge < -0.3 is 4.74 Å². The molecule has 0 atom stereocenters. The lowest BCUT2D eigenvalue weighted by molar-refractivity contribution is -0.102. The second-order valence-corrected chi connectivity index (χ2v) is 23.0. The van der Waals surface area contributed by atoms with Crippen molar-refractivity contribution in [3.8, 4) is 11.8 Å². The van der Waals surface area contributed by atoms with Crippen LogP contribution in [0.1, 0.15) is 179 Å². The lowest BCUT2D eigenvalue weighted by atomic mass is 9.63. The summed E-state index contributed by atoms with van der Waals surface area (Å²) in [6.07, 6.45) is 2.86. The topological polar surface area (TPSA) is 9.23 Å². The van der Waals surface area contributed by atoms with Crippen molar-refractivity contribution in [3.63, 3.8) is 0 Å². The molecular formula is C38H78OS. The van der Waals surface area contributed by atoms with Crippen molar-refractivity contribution in [2.24, 2.45) is 27.1 Å². The third-order valence-electron chi connectivity index (χ3n) is 6.52. The van der Waals surface area contributed by atoms with Crippen LogP contribution in [0.25, 0.3) is 0 Å². The molecule has 1 saturated carbocycles. The van der Waals surface area contributed by atoms with Gasteiger partial charge in [0, 0.05) is 20.3 Å². The molecule has 1 rings (SSSR count). The Bertz CT molecular complexity index is 740. The standard InChI is InChI=1S/C11H22.C10H18.C9H20S.C8H18O/c1-9(2,3)11(7-8-11)10(4,5)6;1-9(2,3)7-8-10(4,5)6;1-8(2,3)10(7)9(4,5)6;1-7(2,3)9-8(4,5)6/h7-8H2,1-6H3;1-6H3;7H2,1-6H3;1-6H3. The van der Waals surface area contributed by atoms with E-state index < -0.39 is 0 Å². The first-order chi connectivity index (χ1) is 16.8. The van der Waals surface area contributed by atoms with Gasteiger partial charge in [-0.1, -0.05) is 101 Å². The quantitative estimate of drug-likeness (QED) is 0.204. The minimum atomic E-state index is -0.0156. The molecule has 1 aliphatic carbocycles. The Kier molecular flexibility index (Phi) is 16.0. The van der Waals surface area contributed by atoms with E-state index in [-0.39, 0.29) is 32.5 Å². The summed E-state index contributed by atoms with van der Waals surface area (Å²) in [4.78, 5) is 0. The molecule has 2 heteroatoms. The highest BCUT2D eigenvalue weighted by Crippen LogP contribution is 2.67. The molecule has 242 valence electrons. The van der Waals surface area contributed by atoms with Crippen LogP contribution < -0.4 is 0 Å². The predicted octanol–water partition coefficient (Wildman–Crippen LogP) is 12.8. The Labute approximate surface area is 259 Å². The SMILES string of the molecule is C=S(C(C)(C)C)C(C)(C)C.CC(C)(C)C#CC(C)(C)C.CC(C)(C)C1(C(C)(C)C)CC1.CC(C)(C)OC(C)(C)C. The molecule has 40 heavy (non-hydrogen) atoms. The average molecular weight is 583 g/mol. The van der Waals surface area contributed by atoms with Gasteiger partial charge >= 0.3 is 0 Å². The Morgan fingerprint density at radius 3 is 0.725 bits per heavy atom. The van der Waals surface area contributed by atoms with Gasteiger partial charge in [0.1, 0.15) is 0 Å². The summed E-state index contributed by atoms with van der Waals surface area (Å²) >= 11 is 0. The fourth-order valence-corrected chi connectivity index (χ4v) is 6.80. The number of hydrogen-bond donors (Lipinski definition) is 0. The van der Waals surface area contributed by atoms with E-state index in [4.69, 9.17) is 4.74 Å². The van der Waals surface area contributed by atoms with Crippen molar-refractivity contribution in [3.05, 3.63) is 0 Å². The Morgan fingerprint density at radius 1 is 0.475 bits per heavy atom. The minimum absolute atomic E-state index is 0.0156. The first kappa shape index (κ1) is 44.2. The zero-order valence-corrected chi connectivity index (χ0v) is 33.3. The Hall–Kier alpha value is -0.260. The smallest absolute Gasteiger partial charge is 0.0605 e. The Balaban J connectivity index is -0.000000458. The fraction of sp³-hybridized carbons (Fsp3) is 0.921. The van der Waals surface area contributed by atoms with Crippen LogP contribution in [0.4, 0.5) is 0 Å². The van der Waals surface area contributed by atoms with Crippen molar-refractivity contribution in [2.75, 3.05) is 0 Å². The van der Waals surface area contributed by atoms with Gasteiger partial charge in [-0.15, -0.1) is 0 Å². The average Bonchev–Trinajstić information content (AvgIpc) is 3.36. The lowest BCUT2D eigenvalue weighted by Crippen LogP contribution is -2.34. The summed E-state index contributed by atoms with van der Waals surface area (Å²) in [5.74, 6) is 10.6. The molecule has 0 aromatic heterocycles. The van der Waals surface area contributed by atoms with Gasteiger partial charge in [0.25, 0.3) is 0 Å². The largest absolute Gasteiger partial charge is 0.370 e. The van der Waals surface area contributed by atoms with E-state index in [2.05, 4.69) is 184 Å². The number of hydrogen-bond acceptors (Lipinski definition) is 1. The molecule has 1 fully saturated rings. The number of ether oxygens (including phenoxy) is 1. The van der Waals surface area contributed by atoms with Crippen LogP contribution in [-0.2, 0) is 4.74 Å². The molecule has 0 aliphatic heterocycles. The van der Waals surface area contributed by atoms with Gasteiger partial charge in [0.2, 0.25) is 0 Å². The molecule has 0 amide bonds. The molecule has 0 bridgehead atoms. The highest BCUT2D eigenvalue weighted by Gasteiger charge is 2.58. The van der Waals surface area contributed by atoms with E-state index in [1.54, 1.807) is 0 Å². The van der Waals surface area contributed by atoms with Gasteiger partial charge in [0.05, 0.1) is 11.2 Å². The summed E-state index contributed by atoms with van der Waals surface area (Å²) in [7, 11) is 0.245. The van der Waals surface area contributed by atoms with E-state index >= 15 is 0 Å². The molecule has 0 aromatic carbocycles. The van der Waals surface area contributed by atoms with Crippen LogP contribution in [0, 0.1) is 38.9 Å². The maximum Gasteiger partial charge on any atom is 0.0605 e. The molecule has 1 aliphatic rings. The normalized spacial score (nSPS) is 16.2. The van der Waals surface area contributed by atoms with Crippen molar-refractivity contribution in [2.45, 2.75) is 200 Å². The highest BCUT2D eigenvalue weighted by molar-refractivity contribution is 8.16. The van der Waals surface area contributed by atoms with Crippen molar-refractivity contribution < 1.29 is 4.74 Å². The second-order valence-electron chi connectivity index (χ2n) is 19.8. The molecule has 0 spiro atoms. The predicted molar refractivity (Wildman–Crippen MR) is 192 cm³/mol. The molecule has 0 saturated heterocycles. The fourth-order valence-electron chi connectivity index (χ4n) is 4.96. The van der Waals surface area contributed by atoms with Crippen LogP contribution in [0.2, 0.25) is 0 Å². The van der Waals surface area contributed by atoms with E-state index in [1.165, 1.54) is 12.8 Å². The zero-order valence-electron chi connectivity index (χ0n) is 32.4. The summed E-state index contributed by atoms with van der Waals surface area (Å²) in [6, 6.07) is 0. The molecule has 0 unspecified atom stereocenters. The summed E-state index contributed by atoms with van der Waals surface area (Å²) in [5.41, 5.74) is 1.87. The minimum Gasteiger partial charge on any atom is -0.370 e. The van der Waals surface area contributed by atoms with Crippen molar-refractivity contribution in [1.29, 1.82) is 0 Å². The molecule has 0 radical (unpaired) electrons. The van der Waals surface area contributed by atoms with Gasteiger partial charge in [-0.2, -0.15) is 10.5 Å². The van der Waals surface area contributed by atoms with Crippen molar-refractivity contribution >= 4 is 16.4 Å². The number of rotatable bonds is 0. The van der Waals surface area contributed by atoms with Crippen molar-refractivity contribution in [1.82, 2.24) is 0 Å². The first-order valence-electron chi connectivity index (χ1n) is 15.6. The van der Waals surface area contributed by atoms with Gasteiger partial charge in [-0.3, -0.25) is 0 Å². The molecule has 0 N–H and O–H groups in total. The zero-order chi connectivity index (χ0) is 33.6. The summed E-state index contributed by atoms with van der Waals surface area (Å²) in [6.45, 7) is 53.0. The van der Waals surface area contributed by atoms with Crippen LogP contribution in [0.15, 0.2) is 0 Å². The second kappa shape index (κ2) is 14.5. The van der Waals surface area contributed by atoms with Crippen LogP contribution >= 0.6 is 10.5 Å². The third kappa shape index (κ3) is 22.4. The molecular weight excluding hydrogens is 504 g/mol.